The summed E-state index contributed by atoms with van der Waals surface area (Å²) in [6.07, 6.45) is -0.160. The molecule has 19 heavy (non-hydrogen) atoms. The Kier molecular flexibility index (Phi) is 3.71. The summed E-state index contributed by atoms with van der Waals surface area (Å²) < 4.78 is 31.4. The molecule has 106 valence electrons. The van der Waals surface area contributed by atoms with Crippen molar-refractivity contribution in [2.75, 3.05) is 25.9 Å². The fourth-order valence-corrected chi connectivity index (χ4v) is 3.77. The maximum atomic E-state index is 12.5. The standard InChI is InChI=1S/C12H18N2O4S/c1-8-5-11(18-2)12(6-10(8)13)19(16,17)14-4-3-9(15)7-14/h5-6,9,15H,3-4,7,13H2,1-2H3. The van der Waals surface area contributed by atoms with E-state index < -0.39 is 16.1 Å². The van der Waals surface area contributed by atoms with E-state index in [1.807, 2.05) is 0 Å². The first-order valence-corrected chi connectivity index (χ1v) is 7.42. The van der Waals surface area contributed by atoms with Crippen LogP contribution in [0.2, 0.25) is 0 Å². The molecule has 6 nitrogen and oxygen atoms in total. The van der Waals surface area contributed by atoms with Gasteiger partial charge < -0.3 is 15.6 Å². The van der Waals surface area contributed by atoms with E-state index in [1.165, 1.54) is 17.5 Å². The van der Waals surface area contributed by atoms with Crippen LogP contribution in [0.25, 0.3) is 0 Å². The maximum Gasteiger partial charge on any atom is 0.246 e. The van der Waals surface area contributed by atoms with Crippen molar-refractivity contribution in [2.45, 2.75) is 24.3 Å². The quantitative estimate of drug-likeness (QED) is 0.782. The van der Waals surface area contributed by atoms with Crippen molar-refractivity contribution in [3.63, 3.8) is 0 Å². The Hall–Kier alpha value is -1.31. The molecular formula is C12H18N2O4S. The van der Waals surface area contributed by atoms with Crippen LogP contribution in [0.3, 0.4) is 0 Å². The van der Waals surface area contributed by atoms with Crippen molar-refractivity contribution < 1.29 is 18.3 Å². The van der Waals surface area contributed by atoms with Gasteiger partial charge in [0.25, 0.3) is 0 Å². The Bertz CT molecular complexity index is 586. The first-order chi connectivity index (χ1) is 8.86. The van der Waals surface area contributed by atoms with Gasteiger partial charge in [-0.2, -0.15) is 4.31 Å². The van der Waals surface area contributed by atoms with E-state index in [9.17, 15) is 13.5 Å². The molecule has 2 rings (SSSR count). The summed E-state index contributed by atoms with van der Waals surface area (Å²) in [5, 5.41) is 9.47. The maximum absolute atomic E-state index is 12.5. The molecule has 0 spiro atoms. The molecule has 0 aliphatic carbocycles. The fourth-order valence-electron chi connectivity index (χ4n) is 2.11. The molecule has 0 radical (unpaired) electrons. The number of ether oxygens (including phenoxy) is 1. The first kappa shape index (κ1) is 14.1. The number of β-amino-alcohol motifs (C(OH)–C–C–N with tert-alkyl or cyclic N) is 1. The molecule has 1 heterocycles. The third-order valence-corrected chi connectivity index (χ3v) is 5.18. The lowest BCUT2D eigenvalue weighted by Crippen LogP contribution is -2.30. The lowest BCUT2D eigenvalue weighted by molar-refractivity contribution is 0.189. The number of aliphatic hydroxyl groups is 1. The molecule has 1 aromatic carbocycles. The van der Waals surface area contributed by atoms with Crippen LogP contribution in [0.5, 0.6) is 5.75 Å². The largest absolute Gasteiger partial charge is 0.495 e. The number of nitrogen functional groups attached to an aromatic ring is 1. The molecule has 0 saturated carbocycles. The van der Waals surface area contributed by atoms with E-state index in [2.05, 4.69) is 0 Å². The zero-order valence-electron chi connectivity index (χ0n) is 11.0. The lowest BCUT2D eigenvalue weighted by Gasteiger charge is -2.18. The van der Waals surface area contributed by atoms with Crippen molar-refractivity contribution in [1.82, 2.24) is 4.31 Å². The van der Waals surface area contributed by atoms with E-state index in [-0.39, 0.29) is 17.2 Å². The van der Waals surface area contributed by atoms with Crippen molar-refractivity contribution in [1.29, 1.82) is 0 Å². The number of sulfonamides is 1. The van der Waals surface area contributed by atoms with E-state index in [4.69, 9.17) is 10.5 Å². The highest BCUT2D eigenvalue weighted by atomic mass is 32.2. The van der Waals surface area contributed by atoms with Crippen LogP contribution in [0.4, 0.5) is 5.69 Å². The molecule has 1 atom stereocenters. The molecule has 1 fully saturated rings. The molecule has 1 aliphatic rings. The zero-order valence-corrected chi connectivity index (χ0v) is 11.8. The monoisotopic (exact) mass is 286 g/mol. The van der Waals surface area contributed by atoms with E-state index in [0.717, 1.165) is 5.56 Å². The van der Waals surface area contributed by atoms with Crippen LogP contribution < -0.4 is 10.5 Å². The van der Waals surface area contributed by atoms with Gasteiger partial charge in [0.05, 0.1) is 13.2 Å². The van der Waals surface area contributed by atoms with Crippen molar-refractivity contribution >= 4 is 15.7 Å². The molecular weight excluding hydrogens is 268 g/mol. The third-order valence-electron chi connectivity index (χ3n) is 3.30. The summed E-state index contributed by atoms with van der Waals surface area (Å²) in [5.41, 5.74) is 6.94. The first-order valence-electron chi connectivity index (χ1n) is 5.98. The van der Waals surface area contributed by atoms with Gasteiger partial charge in [-0.25, -0.2) is 8.42 Å². The number of nitrogens with two attached hydrogens (primary N) is 1. The second-order valence-electron chi connectivity index (χ2n) is 4.67. The highest BCUT2D eigenvalue weighted by molar-refractivity contribution is 7.89. The predicted molar refractivity (Wildman–Crippen MR) is 71.5 cm³/mol. The number of aliphatic hydroxyl groups excluding tert-OH is 1. The van der Waals surface area contributed by atoms with Gasteiger partial charge in [-0.15, -0.1) is 0 Å². The average molecular weight is 286 g/mol. The Morgan fingerprint density at radius 2 is 2.16 bits per heavy atom. The van der Waals surface area contributed by atoms with Gasteiger partial charge in [-0.1, -0.05) is 0 Å². The Labute approximate surface area is 112 Å². The minimum absolute atomic E-state index is 0.0483. The van der Waals surface area contributed by atoms with Gasteiger partial charge in [0.1, 0.15) is 10.6 Å². The van der Waals surface area contributed by atoms with Crippen LogP contribution >= 0.6 is 0 Å². The van der Waals surface area contributed by atoms with Crippen LogP contribution in [-0.2, 0) is 10.0 Å². The van der Waals surface area contributed by atoms with Crippen molar-refractivity contribution in [2.24, 2.45) is 0 Å². The second-order valence-corrected chi connectivity index (χ2v) is 6.57. The summed E-state index contributed by atoms with van der Waals surface area (Å²) in [4.78, 5) is 0.0483. The molecule has 0 bridgehead atoms. The Balaban J connectivity index is 2.48. The smallest absolute Gasteiger partial charge is 0.246 e. The Morgan fingerprint density at radius 1 is 1.47 bits per heavy atom. The van der Waals surface area contributed by atoms with Crippen molar-refractivity contribution in [3.8, 4) is 5.75 Å². The molecule has 3 N–H and O–H groups in total. The third kappa shape index (κ3) is 2.54. The van der Waals surface area contributed by atoms with Gasteiger partial charge in [-0.05, 0) is 31.0 Å². The summed E-state index contributed by atoms with van der Waals surface area (Å²) >= 11 is 0. The van der Waals surface area contributed by atoms with E-state index in [0.29, 0.717) is 18.7 Å². The SMILES string of the molecule is COc1cc(C)c(N)cc1S(=O)(=O)N1CCC(O)C1. The molecule has 1 aromatic rings. The van der Waals surface area contributed by atoms with Crippen molar-refractivity contribution in [3.05, 3.63) is 17.7 Å². The topological polar surface area (TPSA) is 92.9 Å². The number of hydrogen-bond donors (Lipinski definition) is 2. The molecule has 1 saturated heterocycles. The van der Waals surface area contributed by atoms with Crippen LogP contribution in [0, 0.1) is 6.92 Å². The average Bonchev–Trinajstić information content (AvgIpc) is 2.79. The van der Waals surface area contributed by atoms with Gasteiger partial charge in [-0.3, -0.25) is 0 Å². The number of nitrogens with zero attached hydrogens (tertiary/aromatic N) is 1. The summed E-state index contributed by atoms with van der Waals surface area (Å²) in [7, 11) is -2.27. The molecule has 0 aromatic heterocycles. The number of anilines is 1. The van der Waals surface area contributed by atoms with Gasteiger partial charge in [0.2, 0.25) is 10.0 Å². The van der Waals surface area contributed by atoms with Crippen LogP contribution in [0.15, 0.2) is 17.0 Å². The minimum atomic E-state index is -3.69. The zero-order chi connectivity index (χ0) is 14.2. The predicted octanol–water partition coefficient (Wildman–Crippen LogP) is 0.341. The highest BCUT2D eigenvalue weighted by Gasteiger charge is 2.33. The second kappa shape index (κ2) is 4.99. The molecule has 7 heteroatoms. The fraction of sp³-hybridized carbons (Fsp3) is 0.500. The van der Waals surface area contributed by atoms with Crippen LogP contribution in [-0.4, -0.2) is 44.1 Å². The summed E-state index contributed by atoms with van der Waals surface area (Å²) in [6, 6.07) is 3.02. The van der Waals surface area contributed by atoms with Gasteiger partial charge in [0.15, 0.2) is 0 Å². The number of methoxy groups -OCH3 is 1. The van der Waals surface area contributed by atoms with E-state index >= 15 is 0 Å². The van der Waals surface area contributed by atoms with Gasteiger partial charge in [0, 0.05) is 18.8 Å². The van der Waals surface area contributed by atoms with Crippen LogP contribution in [0.1, 0.15) is 12.0 Å². The van der Waals surface area contributed by atoms with Gasteiger partial charge >= 0.3 is 0 Å². The molecule has 0 amide bonds. The number of rotatable bonds is 3. The minimum Gasteiger partial charge on any atom is -0.495 e. The van der Waals surface area contributed by atoms with E-state index in [1.54, 1.807) is 13.0 Å². The normalized spacial score (nSPS) is 20.7. The summed E-state index contributed by atoms with van der Waals surface area (Å²) in [6.45, 7) is 2.20. The molecule has 1 unspecified atom stereocenters. The summed E-state index contributed by atoms with van der Waals surface area (Å²) in [5.74, 6) is 0.271. The lowest BCUT2D eigenvalue weighted by atomic mass is 10.2. The highest BCUT2D eigenvalue weighted by Crippen LogP contribution is 2.32. The number of aryl methyl sites for hydroxylation is 1. The number of hydrogen-bond acceptors (Lipinski definition) is 5. The molecule has 1 aliphatic heterocycles. The number of benzene rings is 1. The Morgan fingerprint density at radius 3 is 2.68 bits per heavy atom.